The number of amidine groups is 1. The number of hydrogen-bond acceptors (Lipinski definition) is 3. The molecule has 0 radical (unpaired) electrons. The average molecular weight is 281 g/mol. The Labute approximate surface area is 121 Å². The van der Waals surface area contributed by atoms with Crippen molar-refractivity contribution in [3.05, 3.63) is 0 Å². The van der Waals surface area contributed by atoms with E-state index < -0.39 is 5.92 Å². The molecule has 4 unspecified atom stereocenters. The molecule has 0 aliphatic heterocycles. The van der Waals surface area contributed by atoms with Crippen LogP contribution < -0.4 is 11.1 Å². The Morgan fingerprint density at radius 2 is 2.15 bits per heavy atom. The van der Waals surface area contributed by atoms with Gasteiger partial charge in [0.2, 0.25) is 5.91 Å². The van der Waals surface area contributed by atoms with Crippen molar-refractivity contribution >= 4 is 11.7 Å². The van der Waals surface area contributed by atoms with Gasteiger partial charge in [0.15, 0.2) is 5.84 Å². The fourth-order valence-corrected chi connectivity index (χ4v) is 4.50. The second-order valence-corrected chi connectivity index (χ2v) is 7.34. The highest BCUT2D eigenvalue weighted by Gasteiger charge is 2.59. The summed E-state index contributed by atoms with van der Waals surface area (Å²) in [5.74, 6) is 0.0195. The van der Waals surface area contributed by atoms with Crippen LogP contribution in [-0.4, -0.2) is 23.0 Å². The van der Waals surface area contributed by atoms with Crippen LogP contribution in [0.25, 0.3) is 0 Å². The zero-order valence-corrected chi connectivity index (χ0v) is 12.9. The van der Waals surface area contributed by atoms with E-state index >= 15 is 0 Å². The Hall–Kier alpha value is -1.26. The summed E-state index contributed by atoms with van der Waals surface area (Å²) < 4.78 is 0. The summed E-state index contributed by atoms with van der Waals surface area (Å²) in [5, 5.41) is 15.0. The highest BCUT2D eigenvalue weighted by molar-refractivity contribution is 6.02. The molecule has 2 saturated carbocycles. The van der Waals surface area contributed by atoms with Crippen LogP contribution in [0.2, 0.25) is 0 Å². The average Bonchev–Trinajstić information content (AvgIpc) is 2.86. The van der Waals surface area contributed by atoms with Crippen molar-refractivity contribution in [3.63, 3.8) is 0 Å². The third-order valence-electron chi connectivity index (χ3n) is 5.75. The van der Waals surface area contributed by atoms with Gasteiger partial charge < -0.3 is 16.3 Å². The lowest BCUT2D eigenvalue weighted by Crippen LogP contribution is -2.54. The molecule has 0 aromatic rings. The second kappa shape index (κ2) is 4.93. The standard InChI is InChI=1S/C15H27N3O2/c1-5-10(11(16)18-20)12(19)17-13-14(2,3)9-6-7-15(13,4)8-9/h9-10,13,20H,5-8H2,1-4H3,(H2,16,18)(H,17,19). The van der Waals surface area contributed by atoms with Crippen molar-refractivity contribution in [1.29, 1.82) is 0 Å². The molecule has 0 heterocycles. The number of carbonyl (C=O) groups excluding carboxylic acids is 1. The molecule has 5 nitrogen and oxygen atoms in total. The summed E-state index contributed by atoms with van der Waals surface area (Å²) >= 11 is 0. The van der Waals surface area contributed by atoms with Crippen LogP contribution in [0.15, 0.2) is 5.16 Å². The minimum absolute atomic E-state index is 0.00360. The largest absolute Gasteiger partial charge is 0.409 e. The first-order valence-electron chi connectivity index (χ1n) is 7.54. The van der Waals surface area contributed by atoms with Crippen molar-refractivity contribution in [2.45, 2.75) is 59.4 Å². The zero-order chi connectivity index (χ0) is 15.1. The molecule has 0 saturated heterocycles. The number of nitrogens with zero attached hydrogens (tertiary/aromatic N) is 1. The lowest BCUT2D eigenvalue weighted by molar-refractivity contribution is -0.126. The minimum atomic E-state index is -0.543. The summed E-state index contributed by atoms with van der Waals surface area (Å²) in [7, 11) is 0. The van der Waals surface area contributed by atoms with Gasteiger partial charge in [-0.25, -0.2) is 0 Å². The molecule has 2 aliphatic rings. The van der Waals surface area contributed by atoms with Crippen molar-refractivity contribution < 1.29 is 10.0 Å². The van der Waals surface area contributed by atoms with Gasteiger partial charge in [-0.05, 0) is 42.4 Å². The summed E-state index contributed by atoms with van der Waals surface area (Å²) in [6.07, 6.45) is 4.15. The van der Waals surface area contributed by atoms with E-state index in [9.17, 15) is 4.79 Å². The van der Waals surface area contributed by atoms with E-state index in [0.717, 1.165) is 0 Å². The van der Waals surface area contributed by atoms with Gasteiger partial charge in [-0.3, -0.25) is 4.79 Å². The molecule has 0 aromatic heterocycles. The van der Waals surface area contributed by atoms with Crippen LogP contribution in [0.1, 0.15) is 53.4 Å². The van der Waals surface area contributed by atoms with E-state index in [1.807, 2.05) is 6.92 Å². The Balaban J connectivity index is 2.15. The number of rotatable bonds is 4. The van der Waals surface area contributed by atoms with Crippen LogP contribution >= 0.6 is 0 Å². The highest BCUT2D eigenvalue weighted by atomic mass is 16.4. The fraction of sp³-hybridized carbons (Fsp3) is 0.867. The van der Waals surface area contributed by atoms with Gasteiger partial charge in [0.05, 0.1) is 5.92 Å². The van der Waals surface area contributed by atoms with Gasteiger partial charge in [0.1, 0.15) is 0 Å². The maximum absolute atomic E-state index is 12.5. The summed E-state index contributed by atoms with van der Waals surface area (Å²) in [6, 6.07) is 0.168. The second-order valence-electron chi connectivity index (χ2n) is 7.34. The first-order valence-corrected chi connectivity index (χ1v) is 7.54. The molecule has 2 bridgehead atoms. The summed E-state index contributed by atoms with van der Waals surface area (Å²) in [5.41, 5.74) is 5.92. The molecule has 0 aromatic carbocycles. The Kier molecular flexibility index (Phi) is 3.73. The van der Waals surface area contributed by atoms with E-state index in [0.29, 0.717) is 12.3 Å². The predicted octanol–water partition coefficient (Wildman–Crippen LogP) is 2.09. The van der Waals surface area contributed by atoms with Gasteiger partial charge in [-0.15, -0.1) is 0 Å². The quantitative estimate of drug-likeness (QED) is 0.319. The summed E-state index contributed by atoms with van der Waals surface area (Å²) in [4.78, 5) is 12.5. The molecule has 20 heavy (non-hydrogen) atoms. The number of nitrogens with one attached hydrogen (secondary N) is 1. The number of oxime groups is 1. The van der Waals surface area contributed by atoms with Crippen LogP contribution in [0.3, 0.4) is 0 Å². The number of hydrogen-bond donors (Lipinski definition) is 3. The van der Waals surface area contributed by atoms with Gasteiger partial charge in [-0.1, -0.05) is 32.9 Å². The molecule has 2 rings (SSSR count). The lowest BCUT2D eigenvalue weighted by atomic mass is 9.68. The topological polar surface area (TPSA) is 87.7 Å². The van der Waals surface area contributed by atoms with Gasteiger partial charge >= 0.3 is 0 Å². The fourth-order valence-electron chi connectivity index (χ4n) is 4.50. The van der Waals surface area contributed by atoms with Crippen molar-refractivity contribution in [1.82, 2.24) is 5.32 Å². The number of amides is 1. The molecule has 1 amide bonds. The smallest absolute Gasteiger partial charge is 0.231 e. The maximum Gasteiger partial charge on any atom is 0.231 e. The van der Waals surface area contributed by atoms with E-state index in [1.165, 1.54) is 19.3 Å². The van der Waals surface area contributed by atoms with Crippen LogP contribution in [0.4, 0.5) is 0 Å². The van der Waals surface area contributed by atoms with E-state index in [1.54, 1.807) is 0 Å². The molecule has 2 aliphatic carbocycles. The summed E-state index contributed by atoms with van der Waals surface area (Å²) in [6.45, 7) is 8.64. The van der Waals surface area contributed by atoms with Gasteiger partial charge in [0.25, 0.3) is 0 Å². The molecule has 4 N–H and O–H groups in total. The monoisotopic (exact) mass is 281 g/mol. The molecule has 2 fully saturated rings. The van der Waals surface area contributed by atoms with Crippen molar-refractivity contribution in [2.24, 2.45) is 33.6 Å². The van der Waals surface area contributed by atoms with E-state index in [2.05, 4.69) is 31.2 Å². The number of fused-ring (bicyclic) bond motifs is 2. The number of nitrogens with two attached hydrogens (primary N) is 1. The highest BCUT2D eigenvalue weighted by Crippen LogP contribution is 2.62. The lowest BCUT2D eigenvalue weighted by Gasteiger charge is -2.43. The van der Waals surface area contributed by atoms with E-state index in [-0.39, 0.29) is 28.6 Å². The SMILES string of the molecule is CCC(C(=O)NC1C2(C)CCC(C2)C1(C)C)C(N)=NO. The minimum Gasteiger partial charge on any atom is -0.409 e. The molecule has 4 atom stereocenters. The van der Waals surface area contributed by atoms with Gasteiger partial charge in [-0.2, -0.15) is 0 Å². The van der Waals surface area contributed by atoms with Crippen LogP contribution in [0.5, 0.6) is 0 Å². The van der Waals surface area contributed by atoms with Gasteiger partial charge in [0, 0.05) is 6.04 Å². The van der Waals surface area contributed by atoms with Crippen molar-refractivity contribution in [2.75, 3.05) is 0 Å². The molecule has 5 heteroatoms. The number of carbonyl (C=O) groups is 1. The molecule has 114 valence electrons. The Bertz CT molecular complexity index is 428. The normalized spacial score (nSPS) is 36.9. The molecular formula is C15H27N3O2. The maximum atomic E-state index is 12.5. The predicted molar refractivity (Wildman–Crippen MR) is 78.3 cm³/mol. The Morgan fingerprint density at radius 3 is 2.60 bits per heavy atom. The Morgan fingerprint density at radius 1 is 1.50 bits per heavy atom. The molecular weight excluding hydrogens is 254 g/mol. The third-order valence-corrected chi connectivity index (χ3v) is 5.75. The first-order chi connectivity index (χ1) is 9.26. The van der Waals surface area contributed by atoms with Crippen LogP contribution in [0, 0.1) is 22.7 Å². The zero-order valence-electron chi connectivity index (χ0n) is 12.9. The van der Waals surface area contributed by atoms with Crippen LogP contribution in [-0.2, 0) is 4.79 Å². The van der Waals surface area contributed by atoms with E-state index in [4.69, 9.17) is 10.9 Å². The third kappa shape index (κ3) is 2.17. The molecule has 0 spiro atoms. The van der Waals surface area contributed by atoms with Crippen molar-refractivity contribution in [3.8, 4) is 0 Å². The first kappa shape index (κ1) is 15.1.